The lowest BCUT2D eigenvalue weighted by Gasteiger charge is -1.99. The summed E-state index contributed by atoms with van der Waals surface area (Å²) in [6, 6.07) is 0. The topological polar surface area (TPSA) is 108 Å². The largest absolute Gasteiger partial charge is 0.748 e. The van der Waals surface area contributed by atoms with E-state index in [0.29, 0.717) is 0 Å². The standard InChI is InChI=1S/C2H5N3O3S/c3-5-4-1-2-9(6,7)8/h3H,1-2H2. The van der Waals surface area contributed by atoms with Crippen molar-refractivity contribution in [1.82, 2.24) is 4.91 Å². The van der Waals surface area contributed by atoms with Crippen molar-refractivity contribution in [3.05, 3.63) is 0 Å². The third-order valence-corrected chi connectivity index (χ3v) is 1.19. The second-order valence-corrected chi connectivity index (χ2v) is 2.75. The van der Waals surface area contributed by atoms with E-state index in [9.17, 15) is 13.0 Å². The van der Waals surface area contributed by atoms with E-state index in [1.54, 1.807) is 0 Å². The van der Waals surface area contributed by atoms with Crippen LogP contribution in [0.2, 0.25) is 0 Å². The molecule has 0 saturated heterocycles. The molecule has 0 aliphatic carbocycles. The van der Waals surface area contributed by atoms with Gasteiger partial charge < -0.3 is 4.55 Å². The number of hydrogen-bond donors (Lipinski definition) is 1. The molecule has 0 radical (unpaired) electrons. The predicted octanol–water partition coefficient (Wildman–Crippen LogP) is -0.918. The summed E-state index contributed by atoms with van der Waals surface area (Å²) in [5, 5.41) is 2.97. The quantitative estimate of drug-likeness (QED) is 0.320. The van der Waals surface area contributed by atoms with Gasteiger partial charge >= 0.3 is 0 Å². The number of rotatable bonds is 3. The smallest absolute Gasteiger partial charge is 0.214 e. The number of nitrogens with zero attached hydrogens (tertiary/aromatic N) is 2. The van der Waals surface area contributed by atoms with Crippen LogP contribution in [0.15, 0.2) is 5.11 Å². The Bertz CT molecular complexity index is 213. The second kappa shape index (κ2) is 3.29. The molecule has 9 heavy (non-hydrogen) atoms. The van der Waals surface area contributed by atoms with Crippen molar-refractivity contribution >= 4 is 10.1 Å². The van der Waals surface area contributed by atoms with Crippen molar-refractivity contribution in [2.45, 2.75) is 0 Å². The molecule has 0 aliphatic heterocycles. The molecule has 6 nitrogen and oxygen atoms in total. The summed E-state index contributed by atoms with van der Waals surface area (Å²) >= 11 is 0. The maximum Gasteiger partial charge on any atom is 0.214 e. The molecule has 0 atom stereocenters. The first-order valence-corrected chi connectivity index (χ1v) is 3.61. The Labute approximate surface area is 51.9 Å². The third-order valence-electron chi connectivity index (χ3n) is 0.512. The van der Waals surface area contributed by atoms with Crippen LogP contribution in [0.1, 0.15) is 0 Å². The van der Waals surface area contributed by atoms with Crippen molar-refractivity contribution in [2.75, 3.05) is 12.3 Å². The SMILES string of the molecule is N=[N+]=NCCS(=O)(=O)[O-]. The van der Waals surface area contributed by atoms with Crippen LogP contribution in [0.25, 0.3) is 0 Å². The maximum atomic E-state index is 9.79. The minimum absolute atomic E-state index is 0.227. The minimum Gasteiger partial charge on any atom is -0.748 e. The van der Waals surface area contributed by atoms with Gasteiger partial charge in [0.15, 0.2) is 0 Å². The second-order valence-electron chi connectivity index (χ2n) is 1.23. The van der Waals surface area contributed by atoms with Crippen LogP contribution in [0.3, 0.4) is 0 Å². The molecule has 0 rings (SSSR count). The molecule has 0 saturated carbocycles. The molecule has 52 valence electrons. The number of hydrogen-bond acceptors (Lipinski definition) is 5. The normalized spacial score (nSPS) is 10.3. The molecule has 0 aliphatic rings. The van der Waals surface area contributed by atoms with Gasteiger partial charge in [0.1, 0.15) is 17.2 Å². The third kappa shape index (κ3) is 7.22. The van der Waals surface area contributed by atoms with Gasteiger partial charge in [-0.15, -0.1) is 0 Å². The van der Waals surface area contributed by atoms with Gasteiger partial charge in [-0.25, -0.2) is 8.42 Å². The van der Waals surface area contributed by atoms with E-state index < -0.39 is 15.9 Å². The van der Waals surface area contributed by atoms with Crippen molar-refractivity contribution in [2.24, 2.45) is 5.11 Å². The van der Waals surface area contributed by atoms with Gasteiger partial charge in [-0.2, -0.15) is 0 Å². The summed E-state index contributed by atoms with van der Waals surface area (Å²) in [6.45, 7) is -0.227. The molecule has 1 N–H and O–H groups in total. The summed E-state index contributed by atoms with van der Waals surface area (Å²) in [7, 11) is -4.18. The monoisotopic (exact) mass is 151 g/mol. The first-order valence-electron chi connectivity index (χ1n) is 2.03. The molecule has 0 aromatic heterocycles. The van der Waals surface area contributed by atoms with Crippen molar-refractivity contribution in [1.29, 1.82) is 5.53 Å². The van der Waals surface area contributed by atoms with Crippen LogP contribution >= 0.6 is 0 Å². The van der Waals surface area contributed by atoms with E-state index >= 15 is 0 Å². The Morgan fingerprint density at radius 3 is 2.56 bits per heavy atom. The van der Waals surface area contributed by atoms with Crippen LogP contribution in [0.5, 0.6) is 0 Å². The Balaban J connectivity index is 3.66. The summed E-state index contributed by atoms with van der Waals surface area (Å²) in [5.74, 6) is -0.588. The fraction of sp³-hybridized carbons (Fsp3) is 1.00. The van der Waals surface area contributed by atoms with Gasteiger partial charge in [-0.05, 0) is 0 Å². The van der Waals surface area contributed by atoms with E-state index in [1.165, 1.54) is 0 Å². The van der Waals surface area contributed by atoms with Gasteiger partial charge in [0.25, 0.3) is 0 Å². The predicted molar refractivity (Wildman–Crippen MR) is 26.7 cm³/mol. The highest BCUT2D eigenvalue weighted by molar-refractivity contribution is 7.85. The van der Waals surface area contributed by atoms with Crippen molar-refractivity contribution < 1.29 is 13.0 Å². The highest BCUT2D eigenvalue weighted by atomic mass is 32.2. The molecule has 0 bridgehead atoms. The molecule has 0 aromatic carbocycles. The van der Waals surface area contributed by atoms with Gasteiger partial charge in [0, 0.05) is 0 Å². The molecule has 0 unspecified atom stereocenters. The number of nitrogens with one attached hydrogen (secondary N) is 1. The van der Waals surface area contributed by atoms with Crippen molar-refractivity contribution in [3.63, 3.8) is 0 Å². The van der Waals surface area contributed by atoms with Gasteiger partial charge in [-0.1, -0.05) is 0 Å². The first kappa shape index (κ1) is 8.22. The van der Waals surface area contributed by atoms with E-state index in [-0.39, 0.29) is 6.54 Å². The lowest BCUT2D eigenvalue weighted by Crippen LogP contribution is -2.06. The zero-order chi connectivity index (χ0) is 7.33. The zero-order valence-corrected chi connectivity index (χ0v) is 5.26. The van der Waals surface area contributed by atoms with Crippen LogP contribution in [0.4, 0.5) is 0 Å². The summed E-state index contributed by atoms with van der Waals surface area (Å²) in [6.07, 6.45) is 0. The fourth-order valence-corrected chi connectivity index (χ4v) is 0.508. The van der Waals surface area contributed by atoms with Crippen LogP contribution in [-0.2, 0) is 10.1 Å². The average molecular weight is 151 g/mol. The van der Waals surface area contributed by atoms with E-state index in [0.717, 1.165) is 0 Å². The Morgan fingerprint density at radius 1 is 1.67 bits per heavy atom. The molecule has 0 heterocycles. The molecule has 0 aromatic rings. The molecular formula is C2H5N3O3S. The Kier molecular flexibility index (Phi) is 3.00. The highest BCUT2D eigenvalue weighted by Crippen LogP contribution is 1.79. The average Bonchev–Trinajstić information content (AvgIpc) is 1.63. The first-order chi connectivity index (χ1) is 4.06. The van der Waals surface area contributed by atoms with E-state index in [4.69, 9.17) is 5.53 Å². The van der Waals surface area contributed by atoms with Gasteiger partial charge in [0.05, 0.1) is 15.9 Å². The Morgan fingerprint density at radius 2 is 2.22 bits per heavy atom. The van der Waals surface area contributed by atoms with Gasteiger partial charge in [-0.3, -0.25) is 0 Å². The Hall–Kier alpha value is -0.780. The zero-order valence-electron chi connectivity index (χ0n) is 4.44. The maximum absolute atomic E-state index is 9.79. The van der Waals surface area contributed by atoms with Crippen LogP contribution in [0, 0.1) is 5.53 Å². The molecular weight excluding hydrogens is 146 g/mol. The lowest BCUT2D eigenvalue weighted by atomic mass is 10.8. The molecule has 0 spiro atoms. The lowest BCUT2D eigenvalue weighted by molar-refractivity contribution is 0.463. The fourth-order valence-electron chi connectivity index (χ4n) is 0.203. The summed E-state index contributed by atoms with van der Waals surface area (Å²) in [5.41, 5.74) is 6.07. The van der Waals surface area contributed by atoms with E-state index in [2.05, 4.69) is 10.0 Å². The summed E-state index contributed by atoms with van der Waals surface area (Å²) < 4.78 is 29.4. The van der Waals surface area contributed by atoms with Gasteiger partial charge in [0.2, 0.25) is 4.91 Å². The molecule has 7 heteroatoms. The van der Waals surface area contributed by atoms with Crippen molar-refractivity contribution in [3.8, 4) is 0 Å². The van der Waals surface area contributed by atoms with Crippen LogP contribution in [-0.4, -0.2) is 25.3 Å². The van der Waals surface area contributed by atoms with Crippen LogP contribution < -0.4 is 4.91 Å². The minimum atomic E-state index is -4.18. The summed E-state index contributed by atoms with van der Waals surface area (Å²) in [4.78, 5) is 2.51. The molecule has 0 fully saturated rings. The molecule has 0 amide bonds. The van der Waals surface area contributed by atoms with E-state index in [1.807, 2.05) is 0 Å². The highest BCUT2D eigenvalue weighted by Gasteiger charge is 1.94.